The van der Waals surface area contributed by atoms with Gasteiger partial charge in [-0.05, 0) is 29.8 Å². The summed E-state index contributed by atoms with van der Waals surface area (Å²) in [6, 6.07) is 16.4. The first-order valence-corrected chi connectivity index (χ1v) is 8.36. The number of imidazole rings is 1. The molecule has 0 spiro atoms. The summed E-state index contributed by atoms with van der Waals surface area (Å²) < 4.78 is 3.29. The molecule has 1 amide bonds. The lowest BCUT2D eigenvalue weighted by atomic mass is 10.2. The molecule has 0 bridgehead atoms. The third-order valence-corrected chi connectivity index (χ3v) is 4.18. The van der Waals surface area contributed by atoms with Gasteiger partial charge in [-0.3, -0.25) is 4.79 Å². The van der Waals surface area contributed by atoms with Crippen LogP contribution in [0.2, 0.25) is 0 Å². The van der Waals surface area contributed by atoms with Crippen LogP contribution in [-0.4, -0.2) is 22.0 Å². The zero-order valence-corrected chi connectivity index (χ0v) is 14.5. The molecule has 0 saturated carbocycles. The zero-order chi connectivity index (χ0) is 16.2. The van der Waals surface area contributed by atoms with Gasteiger partial charge in [0.25, 0.3) is 0 Å². The Morgan fingerprint density at radius 2 is 2.04 bits per heavy atom. The summed E-state index contributed by atoms with van der Waals surface area (Å²) in [6.07, 6.45) is 0.711. The van der Waals surface area contributed by atoms with Crippen molar-refractivity contribution >= 4 is 32.9 Å². The molecule has 1 aromatic heterocycles. The second-order valence-electron chi connectivity index (χ2n) is 5.47. The second-order valence-corrected chi connectivity index (χ2v) is 6.38. The Kier molecular flexibility index (Phi) is 4.76. The topological polar surface area (TPSA) is 46.9 Å². The monoisotopic (exact) mass is 371 g/mol. The number of carbonyl (C=O) groups is 1. The van der Waals surface area contributed by atoms with Gasteiger partial charge in [-0.25, -0.2) is 4.98 Å². The highest BCUT2D eigenvalue weighted by Crippen LogP contribution is 2.20. The summed E-state index contributed by atoms with van der Waals surface area (Å²) in [5.74, 6) is 0.972. The highest BCUT2D eigenvalue weighted by molar-refractivity contribution is 9.10. The van der Waals surface area contributed by atoms with Crippen LogP contribution < -0.4 is 5.32 Å². The summed E-state index contributed by atoms with van der Waals surface area (Å²) in [5, 5.41) is 2.84. The van der Waals surface area contributed by atoms with Crippen molar-refractivity contribution in [3.63, 3.8) is 0 Å². The van der Waals surface area contributed by atoms with Gasteiger partial charge in [-0.1, -0.05) is 40.2 Å². The minimum absolute atomic E-state index is 0.0142. The van der Waals surface area contributed by atoms with Crippen LogP contribution in [0.4, 0.5) is 0 Å². The quantitative estimate of drug-likeness (QED) is 0.745. The van der Waals surface area contributed by atoms with E-state index >= 15 is 0 Å². The average Bonchev–Trinajstić information content (AvgIpc) is 2.85. The van der Waals surface area contributed by atoms with Gasteiger partial charge in [0.15, 0.2) is 0 Å². The van der Waals surface area contributed by atoms with Crippen LogP contribution in [0.1, 0.15) is 18.3 Å². The summed E-state index contributed by atoms with van der Waals surface area (Å²) in [4.78, 5) is 15.8. The zero-order valence-electron chi connectivity index (χ0n) is 12.9. The van der Waals surface area contributed by atoms with Crippen molar-refractivity contribution in [1.82, 2.24) is 14.9 Å². The highest BCUT2D eigenvalue weighted by Gasteiger charge is 2.11. The van der Waals surface area contributed by atoms with Crippen molar-refractivity contribution in [3.05, 3.63) is 64.4 Å². The molecule has 0 radical (unpaired) electrons. The Balaban J connectivity index is 1.93. The van der Waals surface area contributed by atoms with Gasteiger partial charge in [0.05, 0.1) is 11.0 Å². The molecule has 0 aliphatic heterocycles. The van der Waals surface area contributed by atoms with E-state index in [1.807, 2.05) is 30.3 Å². The Morgan fingerprint density at radius 3 is 2.83 bits per heavy atom. The van der Waals surface area contributed by atoms with Crippen molar-refractivity contribution in [3.8, 4) is 0 Å². The van der Waals surface area contributed by atoms with Crippen LogP contribution in [0.5, 0.6) is 0 Å². The number of carbonyl (C=O) groups excluding carboxylic acids is 1. The number of hydrogen-bond donors (Lipinski definition) is 1. The molecule has 0 aliphatic rings. The van der Waals surface area contributed by atoms with Crippen LogP contribution in [0.3, 0.4) is 0 Å². The van der Waals surface area contributed by atoms with Crippen molar-refractivity contribution in [2.24, 2.45) is 0 Å². The van der Waals surface area contributed by atoms with Gasteiger partial charge < -0.3 is 9.88 Å². The molecule has 0 atom stereocenters. The van der Waals surface area contributed by atoms with Crippen molar-refractivity contribution < 1.29 is 4.79 Å². The van der Waals surface area contributed by atoms with Gasteiger partial charge in [0, 0.05) is 30.9 Å². The Hall–Kier alpha value is -2.14. The molecule has 0 unspecified atom stereocenters. The van der Waals surface area contributed by atoms with E-state index in [0.717, 1.165) is 27.9 Å². The van der Waals surface area contributed by atoms with E-state index < -0.39 is 0 Å². The molecule has 3 rings (SSSR count). The van der Waals surface area contributed by atoms with E-state index in [0.29, 0.717) is 13.0 Å². The van der Waals surface area contributed by atoms with E-state index in [-0.39, 0.29) is 5.91 Å². The van der Waals surface area contributed by atoms with E-state index in [2.05, 4.69) is 44.0 Å². The van der Waals surface area contributed by atoms with Gasteiger partial charge in [-0.2, -0.15) is 0 Å². The van der Waals surface area contributed by atoms with Crippen LogP contribution in [0.25, 0.3) is 11.0 Å². The Bertz CT molecular complexity index is 841. The molecule has 1 heterocycles. The molecule has 4 nitrogen and oxygen atoms in total. The summed E-state index contributed by atoms with van der Waals surface area (Å²) in [5.41, 5.74) is 3.31. The predicted molar refractivity (Wildman–Crippen MR) is 95.4 cm³/mol. The number of aromatic nitrogens is 2. The predicted octanol–water partition coefficient (Wildman–Crippen LogP) is 3.53. The SMILES string of the molecule is CC(=O)NCCc1nc2ccccc2n1Cc1cccc(Br)c1. The maximum atomic E-state index is 11.1. The fourth-order valence-corrected chi connectivity index (χ4v) is 3.11. The number of nitrogens with zero attached hydrogens (tertiary/aromatic N) is 2. The molecule has 0 fully saturated rings. The van der Waals surface area contributed by atoms with Gasteiger partial charge in [-0.15, -0.1) is 0 Å². The molecule has 0 aliphatic carbocycles. The van der Waals surface area contributed by atoms with Gasteiger partial charge in [0.2, 0.25) is 5.91 Å². The van der Waals surface area contributed by atoms with E-state index in [4.69, 9.17) is 4.98 Å². The van der Waals surface area contributed by atoms with Crippen molar-refractivity contribution in [2.75, 3.05) is 6.54 Å². The van der Waals surface area contributed by atoms with Crippen LogP contribution in [-0.2, 0) is 17.8 Å². The van der Waals surface area contributed by atoms with Gasteiger partial charge >= 0.3 is 0 Å². The number of hydrogen-bond acceptors (Lipinski definition) is 2. The van der Waals surface area contributed by atoms with E-state index in [9.17, 15) is 4.79 Å². The fraction of sp³-hybridized carbons (Fsp3) is 0.222. The fourth-order valence-electron chi connectivity index (χ4n) is 2.66. The molecule has 2 aromatic carbocycles. The average molecular weight is 372 g/mol. The number of benzene rings is 2. The normalized spacial score (nSPS) is 10.9. The molecular weight excluding hydrogens is 354 g/mol. The lowest BCUT2D eigenvalue weighted by molar-refractivity contribution is -0.118. The highest BCUT2D eigenvalue weighted by atomic mass is 79.9. The Labute approximate surface area is 143 Å². The third kappa shape index (κ3) is 3.79. The lowest BCUT2D eigenvalue weighted by Crippen LogP contribution is -2.23. The number of para-hydroxylation sites is 2. The summed E-state index contributed by atoms with van der Waals surface area (Å²) in [7, 11) is 0. The van der Waals surface area contributed by atoms with Crippen LogP contribution in [0.15, 0.2) is 53.0 Å². The van der Waals surface area contributed by atoms with Crippen molar-refractivity contribution in [1.29, 1.82) is 0 Å². The largest absolute Gasteiger partial charge is 0.356 e. The van der Waals surface area contributed by atoms with Crippen LogP contribution >= 0.6 is 15.9 Å². The molecule has 23 heavy (non-hydrogen) atoms. The van der Waals surface area contributed by atoms with Crippen molar-refractivity contribution in [2.45, 2.75) is 19.9 Å². The first kappa shape index (κ1) is 15.7. The summed E-state index contributed by atoms with van der Waals surface area (Å²) in [6.45, 7) is 2.89. The summed E-state index contributed by atoms with van der Waals surface area (Å²) >= 11 is 3.52. The standard InChI is InChI=1S/C18H18BrN3O/c1-13(23)20-10-9-18-21-16-7-2-3-8-17(16)22(18)12-14-5-4-6-15(19)11-14/h2-8,11H,9-10,12H2,1H3,(H,20,23). The smallest absolute Gasteiger partial charge is 0.216 e. The van der Waals surface area contributed by atoms with E-state index in [1.54, 1.807) is 0 Å². The first-order valence-electron chi connectivity index (χ1n) is 7.56. The van der Waals surface area contributed by atoms with Gasteiger partial charge in [0.1, 0.15) is 5.82 Å². The third-order valence-electron chi connectivity index (χ3n) is 3.69. The van der Waals surface area contributed by atoms with Crippen LogP contribution in [0, 0.1) is 0 Å². The maximum Gasteiger partial charge on any atom is 0.216 e. The number of amides is 1. The minimum Gasteiger partial charge on any atom is -0.356 e. The number of rotatable bonds is 5. The number of fused-ring (bicyclic) bond motifs is 1. The molecule has 1 N–H and O–H groups in total. The minimum atomic E-state index is -0.0142. The number of nitrogens with one attached hydrogen (secondary N) is 1. The maximum absolute atomic E-state index is 11.1. The number of halogens is 1. The molecule has 118 valence electrons. The first-order chi connectivity index (χ1) is 11.1. The lowest BCUT2D eigenvalue weighted by Gasteiger charge is -2.10. The molecule has 5 heteroatoms. The molecule has 0 saturated heterocycles. The second kappa shape index (κ2) is 6.96. The molecule has 3 aromatic rings. The Morgan fingerprint density at radius 1 is 1.22 bits per heavy atom. The van der Waals surface area contributed by atoms with E-state index in [1.165, 1.54) is 12.5 Å². The molecular formula is C18H18BrN3O.